The molecule has 10 nitrogen and oxygen atoms in total. The zero-order chi connectivity index (χ0) is 31.4. The number of ether oxygens (including phenoxy) is 3. The number of nitrogens with one attached hydrogen (secondary N) is 3. The molecule has 0 spiro atoms. The van der Waals surface area contributed by atoms with E-state index in [1.165, 1.54) is 18.3 Å². The molecule has 0 bridgehead atoms. The Labute approximate surface area is 256 Å². The molecule has 0 unspecified atom stereocenters. The molecule has 3 N–H and O–H groups in total. The van der Waals surface area contributed by atoms with Gasteiger partial charge in [-0.3, -0.25) is 14.4 Å². The molecule has 2 amide bonds. The van der Waals surface area contributed by atoms with Crippen LogP contribution in [0.25, 0.3) is 11.1 Å². The number of hydrogen-bond donors (Lipinski definition) is 3. The van der Waals surface area contributed by atoms with Crippen molar-refractivity contribution in [3.63, 3.8) is 0 Å². The van der Waals surface area contributed by atoms with E-state index in [0.29, 0.717) is 52.8 Å². The zero-order valence-corrected chi connectivity index (χ0v) is 26.8. The summed E-state index contributed by atoms with van der Waals surface area (Å²) < 4.78 is 17.1. The van der Waals surface area contributed by atoms with E-state index in [-0.39, 0.29) is 28.8 Å². The van der Waals surface area contributed by atoms with Crippen molar-refractivity contribution in [1.29, 1.82) is 0 Å². The van der Waals surface area contributed by atoms with E-state index in [1.54, 1.807) is 33.5 Å². The van der Waals surface area contributed by atoms with E-state index in [1.807, 2.05) is 39.8 Å². The van der Waals surface area contributed by atoms with Gasteiger partial charge < -0.3 is 30.2 Å². The molecule has 230 valence electrons. The fraction of sp³-hybridized carbons (Fsp3) is 0.438. The van der Waals surface area contributed by atoms with Crippen LogP contribution in [0.15, 0.2) is 29.1 Å². The van der Waals surface area contributed by atoms with Crippen molar-refractivity contribution < 1.29 is 23.8 Å². The van der Waals surface area contributed by atoms with Crippen LogP contribution in [0, 0.1) is 19.8 Å². The van der Waals surface area contributed by atoms with E-state index in [4.69, 9.17) is 14.2 Å². The smallest absolute Gasteiger partial charge is 0.248 e. The Bertz CT molecular complexity index is 1570. The summed E-state index contributed by atoms with van der Waals surface area (Å²) in [5.74, 6) is 0.868. The number of aryl methyl sites for hydroxylation is 3. The van der Waals surface area contributed by atoms with Crippen molar-refractivity contribution in [3.8, 4) is 28.4 Å². The fourth-order valence-electron chi connectivity index (χ4n) is 5.41. The molecular formula is C32H40N4O6S. The summed E-state index contributed by atoms with van der Waals surface area (Å²) in [4.78, 5) is 45.0. The first-order chi connectivity index (χ1) is 20.5. The van der Waals surface area contributed by atoms with E-state index in [0.717, 1.165) is 21.7 Å². The van der Waals surface area contributed by atoms with E-state index >= 15 is 0 Å². The van der Waals surface area contributed by atoms with Crippen LogP contribution in [0.4, 0.5) is 10.8 Å². The molecule has 1 heterocycles. The normalized spacial score (nSPS) is 15.2. The SMILES string of the molecule is CC[C@H](C)[C@@H](Nc1ccc2c(cc1=O)[C@@H](NC(C)=O)CCc1cc(OC)c(OC)c(OC)c1-2)C(=O)Nc1nc(C)c(C)s1. The van der Waals surface area contributed by atoms with Gasteiger partial charge in [-0.15, -0.1) is 11.3 Å². The molecule has 0 radical (unpaired) electrons. The number of anilines is 2. The molecule has 1 aliphatic carbocycles. The second-order valence-electron chi connectivity index (χ2n) is 10.8. The van der Waals surface area contributed by atoms with Gasteiger partial charge in [-0.05, 0) is 67.5 Å². The monoisotopic (exact) mass is 608 g/mol. The van der Waals surface area contributed by atoms with Crippen molar-refractivity contribution in [2.24, 2.45) is 5.92 Å². The molecule has 1 aliphatic rings. The van der Waals surface area contributed by atoms with Gasteiger partial charge in [-0.2, -0.15) is 0 Å². The van der Waals surface area contributed by atoms with Crippen LogP contribution in [0.3, 0.4) is 0 Å². The number of aromatic nitrogens is 1. The molecule has 2 aromatic carbocycles. The van der Waals surface area contributed by atoms with Crippen LogP contribution >= 0.6 is 11.3 Å². The van der Waals surface area contributed by atoms with E-state index in [2.05, 4.69) is 20.9 Å². The Morgan fingerprint density at radius 3 is 2.40 bits per heavy atom. The molecule has 11 heteroatoms. The van der Waals surface area contributed by atoms with Crippen LogP contribution in [0.2, 0.25) is 0 Å². The van der Waals surface area contributed by atoms with E-state index in [9.17, 15) is 14.4 Å². The molecular weight excluding hydrogens is 568 g/mol. The lowest BCUT2D eigenvalue weighted by Crippen LogP contribution is -2.40. The summed E-state index contributed by atoms with van der Waals surface area (Å²) >= 11 is 1.42. The molecule has 0 saturated heterocycles. The molecule has 43 heavy (non-hydrogen) atoms. The summed E-state index contributed by atoms with van der Waals surface area (Å²) in [6.07, 6.45) is 1.86. The largest absolute Gasteiger partial charge is 0.493 e. The van der Waals surface area contributed by atoms with Gasteiger partial charge >= 0.3 is 0 Å². The molecule has 0 fully saturated rings. The number of amides is 2. The standard InChI is InChI=1S/C32H40N4O6S/c1-9-16(2)28(31(39)36-32-33-17(3)18(4)43-32)35-24-13-11-21-22(15-25(24)38)23(34-19(5)37)12-10-20-14-26(40-6)29(41-7)30(42-8)27(20)21/h11,13-16,23,28H,9-10,12H2,1-8H3,(H,34,37)(H,35,38)(H,33,36,39)/t16-,23-,28+/m0/s1. The first-order valence-electron chi connectivity index (χ1n) is 14.3. The van der Waals surface area contributed by atoms with Crippen molar-refractivity contribution in [3.05, 3.63) is 56.2 Å². The second-order valence-corrected chi connectivity index (χ2v) is 12.0. The topological polar surface area (TPSA) is 128 Å². The number of nitrogens with zero attached hydrogens (tertiary/aromatic N) is 1. The summed E-state index contributed by atoms with van der Waals surface area (Å²) in [6, 6.07) is 5.86. The van der Waals surface area contributed by atoms with Gasteiger partial charge in [0, 0.05) is 17.4 Å². The summed E-state index contributed by atoms with van der Waals surface area (Å²) in [7, 11) is 4.67. The summed E-state index contributed by atoms with van der Waals surface area (Å²) in [5.41, 5.74) is 3.89. The maximum absolute atomic E-state index is 13.8. The highest BCUT2D eigenvalue weighted by atomic mass is 32.1. The number of fused-ring (bicyclic) bond motifs is 3. The van der Waals surface area contributed by atoms with Crippen LogP contribution in [0.5, 0.6) is 17.2 Å². The predicted octanol–water partition coefficient (Wildman–Crippen LogP) is 5.40. The highest BCUT2D eigenvalue weighted by molar-refractivity contribution is 7.15. The lowest BCUT2D eigenvalue weighted by molar-refractivity contribution is -0.120. The van der Waals surface area contributed by atoms with Crippen molar-refractivity contribution in [2.45, 2.75) is 66.0 Å². The lowest BCUT2D eigenvalue weighted by atomic mass is 9.95. The quantitative estimate of drug-likeness (QED) is 0.279. The average Bonchev–Trinajstić information content (AvgIpc) is 3.11. The second kappa shape index (κ2) is 13.5. The fourth-order valence-corrected chi connectivity index (χ4v) is 6.22. The first-order valence-corrected chi connectivity index (χ1v) is 15.1. The third-order valence-corrected chi connectivity index (χ3v) is 8.97. The number of rotatable bonds is 10. The summed E-state index contributed by atoms with van der Waals surface area (Å²) in [5, 5.41) is 9.70. The van der Waals surface area contributed by atoms with Gasteiger partial charge in [0.1, 0.15) is 6.04 Å². The van der Waals surface area contributed by atoms with Crippen molar-refractivity contribution in [2.75, 3.05) is 32.0 Å². The Hall–Kier alpha value is -4.12. The maximum atomic E-state index is 13.8. The molecule has 4 rings (SSSR count). The Balaban J connectivity index is 1.86. The van der Waals surface area contributed by atoms with Crippen molar-refractivity contribution in [1.82, 2.24) is 10.3 Å². The van der Waals surface area contributed by atoms with Gasteiger partial charge in [0.05, 0.1) is 38.8 Å². The Kier molecular flexibility index (Phi) is 9.95. The van der Waals surface area contributed by atoms with Crippen LogP contribution in [0.1, 0.15) is 61.4 Å². The van der Waals surface area contributed by atoms with Crippen LogP contribution in [-0.2, 0) is 16.0 Å². The number of hydrogen-bond acceptors (Lipinski definition) is 9. The third-order valence-electron chi connectivity index (χ3n) is 7.98. The van der Waals surface area contributed by atoms with Gasteiger partial charge in [0.25, 0.3) is 0 Å². The third kappa shape index (κ3) is 6.61. The van der Waals surface area contributed by atoms with E-state index < -0.39 is 12.1 Å². The first kappa shape index (κ1) is 31.8. The van der Waals surface area contributed by atoms with Gasteiger partial charge in [0.15, 0.2) is 16.6 Å². The average molecular weight is 609 g/mol. The number of thiazole rings is 1. The van der Waals surface area contributed by atoms with Crippen LogP contribution < -0.4 is 35.6 Å². The predicted molar refractivity (Wildman–Crippen MR) is 170 cm³/mol. The molecule has 0 saturated carbocycles. The minimum absolute atomic E-state index is 0.0884. The Morgan fingerprint density at radius 2 is 1.81 bits per heavy atom. The van der Waals surface area contributed by atoms with Crippen molar-refractivity contribution >= 4 is 34.0 Å². The highest BCUT2D eigenvalue weighted by Gasteiger charge is 2.30. The number of carbonyl (C=O) groups is 2. The summed E-state index contributed by atoms with van der Waals surface area (Å²) in [6.45, 7) is 9.28. The lowest BCUT2D eigenvalue weighted by Gasteiger charge is -2.23. The van der Waals surface area contributed by atoms with Crippen LogP contribution in [-0.4, -0.2) is 44.2 Å². The minimum Gasteiger partial charge on any atom is -0.493 e. The molecule has 0 aliphatic heterocycles. The zero-order valence-electron chi connectivity index (χ0n) is 26.0. The van der Waals surface area contributed by atoms with Gasteiger partial charge in [-0.25, -0.2) is 4.98 Å². The number of carbonyl (C=O) groups excluding carboxylic acids is 2. The number of benzene rings is 1. The molecule has 3 aromatic rings. The molecule has 1 aromatic heterocycles. The van der Waals surface area contributed by atoms with Gasteiger partial charge in [-0.1, -0.05) is 26.3 Å². The highest BCUT2D eigenvalue weighted by Crippen LogP contribution is 2.50. The molecule has 3 atom stereocenters. The van der Waals surface area contributed by atoms with Gasteiger partial charge in [0.2, 0.25) is 23.0 Å². The Morgan fingerprint density at radius 1 is 1.09 bits per heavy atom. The minimum atomic E-state index is -0.693. The number of methoxy groups -OCH3 is 3. The maximum Gasteiger partial charge on any atom is 0.248 e.